The molecular formula is C10H9N3OS. The number of hydrogen-bond donors (Lipinski definition) is 0. The van der Waals surface area contributed by atoms with Crippen molar-refractivity contribution in [2.45, 2.75) is 6.92 Å². The Kier molecular flexibility index (Phi) is 2.47. The molecule has 4 nitrogen and oxygen atoms in total. The summed E-state index contributed by atoms with van der Waals surface area (Å²) >= 11 is 5.07. The van der Waals surface area contributed by atoms with Crippen molar-refractivity contribution in [2.75, 3.05) is 0 Å². The van der Waals surface area contributed by atoms with E-state index in [4.69, 9.17) is 12.2 Å². The van der Waals surface area contributed by atoms with Gasteiger partial charge in [-0.2, -0.15) is 9.78 Å². The summed E-state index contributed by atoms with van der Waals surface area (Å²) in [5.74, 6) is 0. The maximum Gasteiger partial charge on any atom is 0.236 e. The summed E-state index contributed by atoms with van der Waals surface area (Å²) in [4.78, 5) is 10.5. The molecule has 0 aliphatic rings. The first-order chi connectivity index (χ1) is 7.22. The maximum absolute atomic E-state index is 10.5. The molecule has 0 spiro atoms. The van der Waals surface area contributed by atoms with Gasteiger partial charge in [-0.05, 0) is 31.3 Å². The van der Waals surface area contributed by atoms with Gasteiger partial charge in [0.2, 0.25) is 11.2 Å². The van der Waals surface area contributed by atoms with Gasteiger partial charge in [-0.15, -0.1) is 0 Å². The molecule has 0 radical (unpaired) electrons. The predicted molar refractivity (Wildman–Crippen MR) is 59.3 cm³/mol. The van der Waals surface area contributed by atoms with E-state index in [9.17, 15) is 4.79 Å². The molecule has 0 N–H and O–H groups in total. The van der Waals surface area contributed by atoms with Crippen molar-refractivity contribution in [3.8, 4) is 5.69 Å². The maximum atomic E-state index is 10.5. The smallest absolute Gasteiger partial charge is 0.236 e. The Labute approximate surface area is 91.8 Å². The highest BCUT2D eigenvalue weighted by atomic mass is 32.1. The third-order valence-electron chi connectivity index (χ3n) is 2.11. The molecule has 0 bridgehead atoms. The summed E-state index contributed by atoms with van der Waals surface area (Å²) in [7, 11) is 0. The number of carbonyl (C=O) groups excluding carboxylic acids is 1. The van der Waals surface area contributed by atoms with E-state index in [1.165, 1.54) is 11.9 Å². The molecule has 2 rings (SSSR count). The highest BCUT2D eigenvalue weighted by Crippen LogP contribution is 2.09. The van der Waals surface area contributed by atoms with E-state index < -0.39 is 0 Å². The van der Waals surface area contributed by atoms with Crippen LogP contribution in [-0.2, 0) is 4.79 Å². The number of hydrogen-bond acceptors (Lipinski definition) is 3. The second-order valence-electron chi connectivity index (χ2n) is 3.17. The van der Waals surface area contributed by atoms with Gasteiger partial charge in [0.15, 0.2) is 0 Å². The minimum Gasteiger partial charge on any atom is -0.276 e. The van der Waals surface area contributed by atoms with E-state index in [-0.39, 0.29) is 0 Å². The topological polar surface area (TPSA) is 39.8 Å². The normalized spacial score (nSPS) is 10.2. The van der Waals surface area contributed by atoms with Gasteiger partial charge >= 0.3 is 0 Å². The second-order valence-corrected chi connectivity index (χ2v) is 3.53. The molecule has 15 heavy (non-hydrogen) atoms. The summed E-state index contributed by atoms with van der Waals surface area (Å²) in [5.41, 5.74) is 2.08. The Morgan fingerprint density at radius 2 is 2.00 bits per heavy atom. The molecule has 1 aromatic heterocycles. The predicted octanol–water partition coefficient (Wildman–Crippen LogP) is 1.75. The Morgan fingerprint density at radius 1 is 1.33 bits per heavy atom. The van der Waals surface area contributed by atoms with E-state index >= 15 is 0 Å². The highest BCUT2D eigenvalue weighted by Gasteiger charge is 2.01. The number of aryl methyl sites for hydroxylation is 1. The van der Waals surface area contributed by atoms with Crippen LogP contribution in [0.25, 0.3) is 5.69 Å². The number of aromatic nitrogens is 3. The summed E-state index contributed by atoms with van der Waals surface area (Å²) < 4.78 is 3.17. The first-order valence-electron chi connectivity index (χ1n) is 4.41. The van der Waals surface area contributed by atoms with E-state index in [0.29, 0.717) is 11.2 Å². The van der Waals surface area contributed by atoms with Gasteiger partial charge in [-0.3, -0.25) is 9.36 Å². The van der Waals surface area contributed by atoms with Crippen LogP contribution in [0, 0.1) is 11.7 Å². The van der Waals surface area contributed by atoms with Gasteiger partial charge in [0, 0.05) is 5.69 Å². The largest absolute Gasteiger partial charge is 0.276 e. The van der Waals surface area contributed by atoms with Crippen molar-refractivity contribution < 1.29 is 4.79 Å². The van der Waals surface area contributed by atoms with Gasteiger partial charge < -0.3 is 0 Å². The van der Waals surface area contributed by atoms with Crippen LogP contribution >= 0.6 is 12.2 Å². The van der Waals surface area contributed by atoms with E-state index in [0.717, 1.165) is 10.4 Å². The lowest BCUT2D eigenvalue weighted by Gasteiger charge is -2.00. The van der Waals surface area contributed by atoms with Gasteiger partial charge in [0.1, 0.15) is 6.33 Å². The molecule has 1 heterocycles. The molecule has 0 saturated heterocycles. The lowest BCUT2D eigenvalue weighted by atomic mass is 10.2. The lowest BCUT2D eigenvalue weighted by molar-refractivity contribution is 0.539. The zero-order valence-electron chi connectivity index (χ0n) is 8.12. The fourth-order valence-electron chi connectivity index (χ4n) is 1.27. The van der Waals surface area contributed by atoms with Crippen LogP contribution in [0.15, 0.2) is 30.6 Å². The minimum absolute atomic E-state index is 0.369. The third-order valence-corrected chi connectivity index (χ3v) is 2.49. The number of rotatable bonds is 2. The number of carbonyl (C=O) groups is 1. The Hall–Kier alpha value is -1.75. The Morgan fingerprint density at radius 3 is 2.53 bits per heavy atom. The van der Waals surface area contributed by atoms with Gasteiger partial charge in [-0.1, -0.05) is 17.7 Å². The van der Waals surface area contributed by atoms with Gasteiger partial charge in [0.25, 0.3) is 0 Å². The zero-order valence-corrected chi connectivity index (χ0v) is 8.94. The van der Waals surface area contributed by atoms with E-state index in [1.807, 2.05) is 31.2 Å². The van der Waals surface area contributed by atoms with E-state index in [2.05, 4.69) is 5.10 Å². The highest BCUT2D eigenvalue weighted by molar-refractivity contribution is 7.71. The summed E-state index contributed by atoms with van der Waals surface area (Å²) in [6, 6.07) is 7.83. The molecule has 0 aliphatic heterocycles. The average molecular weight is 219 g/mol. The molecule has 76 valence electrons. The molecule has 0 fully saturated rings. The molecule has 0 unspecified atom stereocenters. The van der Waals surface area contributed by atoms with Crippen molar-refractivity contribution in [3.05, 3.63) is 40.9 Å². The number of nitrogens with zero attached hydrogens (tertiary/aromatic N) is 3. The molecule has 2 aromatic rings. The van der Waals surface area contributed by atoms with Crippen LogP contribution in [0.3, 0.4) is 0 Å². The molecular weight excluding hydrogens is 210 g/mol. The van der Waals surface area contributed by atoms with Crippen molar-refractivity contribution in [2.24, 2.45) is 0 Å². The monoisotopic (exact) mass is 219 g/mol. The fourth-order valence-corrected chi connectivity index (χ4v) is 1.51. The Balaban J connectivity index is 2.54. The number of benzene rings is 1. The molecule has 0 amide bonds. The molecule has 1 aromatic carbocycles. The first kappa shape index (κ1) is 9.79. The molecule has 0 saturated carbocycles. The summed E-state index contributed by atoms with van der Waals surface area (Å²) in [6.45, 7) is 2.01. The fraction of sp³-hybridized carbons (Fsp3) is 0.100. The van der Waals surface area contributed by atoms with Crippen molar-refractivity contribution in [3.63, 3.8) is 0 Å². The van der Waals surface area contributed by atoms with Crippen LogP contribution < -0.4 is 0 Å². The van der Waals surface area contributed by atoms with Crippen LogP contribution in [0.4, 0.5) is 0 Å². The minimum atomic E-state index is 0.369. The summed E-state index contributed by atoms with van der Waals surface area (Å²) in [6.07, 6.45) is 2.12. The van der Waals surface area contributed by atoms with Gasteiger partial charge in [-0.25, -0.2) is 0 Å². The van der Waals surface area contributed by atoms with Crippen LogP contribution in [0.5, 0.6) is 0 Å². The average Bonchev–Trinajstić information content (AvgIpc) is 2.61. The van der Waals surface area contributed by atoms with Crippen LogP contribution in [0.2, 0.25) is 0 Å². The SMILES string of the molecule is Cc1ccc(-n2cnn(C=O)c2=S)cc1. The third kappa shape index (κ3) is 1.73. The standard InChI is InChI=1S/C10H9N3OS/c1-8-2-4-9(5-3-8)12-6-11-13(7-14)10(12)15/h2-7H,1H3. The van der Waals surface area contributed by atoms with Crippen molar-refractivity contribution in [1.29, 1.82) is 0 Å². The zero-order chi connectivity index (χ0) is 10.8. The van der Waals surface area contributed by atoms with Crippen molar-refractivity contribution >= 4 is 18.6 Å². The quantitative estimate of drug-likeness (QED) is 0.570. The van der Waals surface area contributed by atoms with E-state index in [1.54, 1.807) is 4.57 Å². The second kappa shape index (κ2) is 3.78. The summed E-state index contributed by atoms with van der Waals surface area (Å²) in [5, 5.41) is 3.84. The molecule has 0 atom stereocenters. The molecule has 5 heteroatoms. The first-order valence-corrected chi connectivity index (χ1v) is 4.81. The van der Waals surface area contributed by atoms with Crippen LogP contribution in [-0.4, -0.2) is 20.8 Å². The van der Waals surface area contributed by atoms with Crippen LogP contribution in [0.1, 0.15) is 5.56 Å². The van der Waals surface area contributed by atoms with Gasteiger partial charge in [0.05, 0.1) is 0 Å². The van der Waals surface area contributed by atoms with Crippen molar-refractivity contribution in [1.82, 2.24) is 14.3 Å². The molecule has 0 aliphatic carbocycles. The Bertz CT molecular complexity index is 539. The lowest BCUT2D eigenvalue weighted by Crippen LogP contribution is -1.99.